The average molecular weight is 267 g/mol. The lowest BCUT2D eigenvalue weighted by Gasteiger charge is -1.97. The van der Waals surface area contributed by atoms with Crippen LogP contribution in [0.4, 0.5) is 0 Å². The molecule has 3 aromatic rings. The molecule has 0 atom stereocenters. The standard InChI is InChI=1S/C13H8N2.C2H5NO2/c14-7-13-12-6-10-4-2-1-3-9(10)5-11(12)8-15-13;3-1-2(4)5/h1-6,8,15H;1,3H2,(H,4,5). The summed E-state index contributed by atoms with van der Waals surface area (Å²) in [6.45, 7) is -0.278. The van der Waals surface area contributed by atoms with Crippen molar-refractivity contribution in [3.05, 3.63) is 48.3 Å². The normalized spacial score (nSPS) is 9.80. The van der Waals surface area contributed by atoms with Crippen LogP contribution in [-0.2, 0) is 4.79 Å². The molecule has 100 valence electrons. The summed E-state index contributed by atoms with van der Waals surface area (Å²) in [5.41, 5.74) is 5.21. The van der Waals surface area contributed by atoms with Crippen LogP contribution in [0.25, 0.3) is 21.5 Å². The van der Waals surface area contributed by atoms with Crippen molar-refractivity contribution in [1.29, 1.82) is 5.26 Å². The predicted molar refractivity (Wildman–Crippen MR) is 77.2 cm³/mol. The summed E-state index contributed by atoms with van der Waals surface area (Å²) in [6, 6.07) is 14.5. The third-order valence-electron chi connectivity index (χ3n) is 2.85. The number of carboxylic acid groups (broad SMARTS) is 1. The Morgan fingerprint density at radius 3 is 2.40 bits per heavy atom. The summed E-state index contributed by atoms with van der Waals surface area (Å²) < 4.78 is 0. The largest absolute Gasteiger partial charge is 0.480 e. The Bertz CT molecular complexity index is 800. The van der Waals surface area contributed by atoms with Gasteiger partial charge >= 0.3 is 5.97 Å². The molecule has 0 aliphatic carbocycles. The first-order valence-corrected chi connectivity index (χ1v) is 5.97. The highest BCUT2D eigenvalue weighted by atomic mass is 16.4. The third-order valence-corrected chi connectivity index (χ3v) is 2.85. The van der Waals surface area contributed by atoms with Gasteiger partial charge in [-0.05, 0) is 22.9 Å². The van der Waals surface area contributed by atoms with Gasteiger partial charge in [0.1, 0.15) is 11.8 Å². The molecule has 0 saturated carbocycles. The SMILES string of the molecule is N#Cc1[nH]cc2cc3ccccc3cc12.NCC(=O)O. The number of aromatic amines is 1. The van der Waals surface area contributed by atoms with E-state index in [1.54, 1.807) is 0 Å². The van der Waals surface area contributed by atoms with Gasteiger partial charge < -0.3 is 15.8 Å². The third kappa shape index (κ3) is 2.76. The van der Waals surface area contributed by atoms with Gasteiger partial charge in [0, 0.05) is 17.0 Å². The lowest BCUT2D eigenvalue weighted by Crippen LogP contribution is -2.10. The Morgan fingerprint density at radius 2 is 1.85 bits per heavy atom. The first-order valence-electron chi connectivity index (χ1n) is 5.97. The first-order chi connectivity index (χ1) is 9.65. The van der Waals surface area contributed by atoms with E-state index in [1.165, 1.54) is 10.8 Å². The molecule has 1 heterocycles. The van der Waals surface area contributed by atoms with Gasteiger partial charge in [0.2, 0.25) is 0 Å². The lowest BCUT2D eigenvalue weighted by molar-refractivity contribution is -0.135. The molecular formula is C15H13N3O2. The van der Waals surface area contributed by atoms with Crippen LogP contribution in [0.3, 0.4) is 0 Å². The highest BCUT2D eigenvalue weighted by Gasteiger charge is 2.03. The van der Waals surface area contributed by atoms with Crippen LogP contribution in [0.5, 0.6) is 0 Å². The number of nitrogens with one attached hydrogen (secondary N) is 1. The number of carboxylic acids is 1. The maximum Gasteiger partial charge on any atom is 0.317 e. The van der Waals surface area contributed by atoms with Crippen molar-refractivity contribution in [2.24, 2.45) is 5.73 Å². The average Bonchev–Trinajstić information content (AvgIpc) is 2.87. The molecule has 0 aliphatic heterocycles. The number of carbonyl (C=O) groups is 1. The Balaban J connectivity index is 0.000000257. The molecule has 0 fully saturated rings. The van der Waals surface area contributed by atoms with Crippen LogP contribution in [0, 0.1) is 11.3 Å². The fourth-order valence-corrected chi connectivity index (χ4v) is 1.91. The van der Waals surface area contributed by atoms with Crippen molar-refractivity contribution < 1.29 is 9.90 Å². The number of aromatic nitrogens is 1. The van der Waals surface area contributed by atoms with Crippen LogP contribution in [-0.4, -0.2) is 22.6 Å². The van der Waals surface area contributed by atoms with E-state index < -0.39 is 5.97 Å². The number of fused-ring (bicyclic) bond motifs is 2. The lowest BCUT2D eigenvalue weighted by atomic mass is 10.1. The van der Waals surface area contributed by atoms with Gasteiger partial charge in [0.25, 0.3) is 0 Å². The Hall–Kier alpha value is -2.84. The Morgan fingerprint density at radius 1 is 1.25 bits per heavy atom. The number of aliphatic carboxylic acids is 1. The Kier molecular flexibility index (Phi) is 3.99. The zero-order chi connectivity index (χ0) is 14.5. The first kappa shape index (κ1) is 13.6. The molecule has 2 aromatic carbocycles. The predicted octanol–water partition coefficient (Wildman–Crippen LogP) is 2.22. The van der Waals surface area contributed by atoms with E-state index in [4.69, 9.17) is 10.4 Å². The summed E-state index contributed by atoms with van der Waals surface area (Å²) in [5.74, 6) is -0.968. The maximum atomic E-state index is 9.24. The molecule has 0 radical (unpaired) electrons. The van der Waals surface area contributed by atoms with Crippen LogP contribution in [0.15, 0.2) is 42.6 Å². The molecule has 0 spiro atoms. The quantitative estimate of drug-likeness (QED) is 0.629. The fourth-order valence-electron chi connectivity index (χ4n) is 1.91. The van der Waals surface area contributed by atoms with Crippen LogP contribution >= 0.6 is 0 Å². The number of hydrogen-bond acceptors (Lipinski definition) is 3. The molecule has 5 heteroatoms. The highest BCUT2D eigenvalue weighted by Crippen LogP contribution is 2.24. The van der Waals surface area contributed by atoms with Crippen molar-refractivity contribution >= 4 is 27.5 Å². The molecular weight excluding hydrogens is 254 g/mol. The molecule has 3 rings (SSSR count). The van der Waals surface area contributed by atoms with Gasteiger partial charge in [-0.2, -0.15) is 5.26 Å². The van der Waals surface area contributed by atoms with E-state index in [2.05, 4.69) is 41.1 Å². The highest BCUT2D eigenvalue weighted by molar-refractivity contribution is 6.00. The zero-order valence-electron chi connectivity index (χ0n) is 10.6. The number of hydrogen-bond donors (Lipinski definition) is 3. The second kappa shape index (κ2) is 5.87. The fraction of sp³-hybridized carbons (Fsp3) is 0.0667. The molecule has 0 saturated heterocycles. The van der Waals surface area contributed by atoms with Crippen LogP contribution in [0.2, 0.25) is 0 Å². The van der Waals surface area contributed by atoms with Gasteiger partial charge in [0.05, 0.1) is 6.54 Å². The summed E-state index contributed by atoms with van der Waals surface area (Å²) in [5, 5.41) is 21.0. The summed E-state index contributed by atoms with van der Waals surface area (Å²) in [7, 11) is 0. The number of rotatable bonds is 1. The molecule has 0 aliphatic rings. The van der Waals surface area contributed by atoms with Gasteiger partial charge in [-0.15, -0.1) is 0 Å². The van der Waals surface area contributed by atoms with E-state index in [9.17, 15) is 4.79 Å². The van der Waals surface area contributed by atoms with Gasteiger partial charge in [-0.25, -0.2) is 0 Å². The van der Waals surface area contributed by atoms with Crippen molar-refractivity contribution in [3.8, 4) is 6.07 Å². The van der Waals surface area contributed by atoms with Gasteiger partial charge in [0.15, 0.2) is 0 Å². The van der Waals surface area contributed by atoms with E-state index >= 15 is 0 Å². The Labute approximate surface area is 115 Å². The van der Waals surface area contributed by atoms with Crippen LogP contribution in [0.1, 0.15) is 5.69 Å². The molecule has 0 amide bonds. The topological polar surface area (TPSA) is 103 Å². The second-order valence-corrected chi connectivity index (χ2v) is 4.16. The summed E-state index contributed by atoms with van der Waals surface area (Å²) >= 11 is 0. The van der Waals surface area contributed by atoms with Crippen molar-refractivity contribution in [2.75, 3.05) is 6.54 Å². The van der Waals surface area contributed by atoms with Crippen molar-refractivity contribution in [2.45, 2.75) is 0 Å². The van der Waals surface area contributed by atoms with E-state index in [-0.39, 0.29) is 6.54 Å². The molecule has 1 aromatic heterocycles. The van der Waals surface area contributed by atoms with E-state index in [0.717, 1.165) is 10.8 Å². The minimum Gasteiger partial charge on any atom is -0.480 e. The van der Waals surface area contributed by atoms with Gasteiger partial charge in [-0.1, -0.05) is 24.3 Å². The summed E-state index contributed by atoms with van der Waals surface area (Å²) in [6.07, 6.45) is 1.88. The minimum atomic E-state index is -0.968. The molecule has 20 heavy (non-hydrogen) atoms. The monoisotopic (exact) mass is 267 g/mol. The number of nitriles is 1. The number of nitrogens with zero attached hydrogens (tertiary/aromatic N) is 1. The minimum absolute atomic E-state index is 0.278. The maximum absolute atomic E-state index is 9.24. The smallest absolute Gasteiger partial charge is 0.317 e. The molecule has 5 nitrogen and oxygen atoms in total. The van der Waals surface area contributed by atoms with E-state index in [1.807, 2.05) is 18.3 Å². The molecule has 0 unspecified atom stereocenters. The van der Waals surface area contributed by atoms with Crippen molar-refractivity contribution in [3.63, 3.8) is 0 Å². The molecule has 4 N–H and O–H groups in total. The zero-order valence-corrected chi connectivity index (χ0v) is 10.6. The number of nitrogens with two attached hydrogens (primary N) is 1. The number of H-pyrrole nitrogens is 1. The number of benzene rings is 2. The molecule has 0 bridgehead atoms. The van der Waals surface area contributed by atoms with Gasteiger partial charge in [-0.3, -0.25) is 4.79 Å². The summed E-state index contributed by atoms with van der Waals surface area (Å²) in [4.78, 5) is 12.2. The van der Waals surface area contributed by atoms with Crippen molar-refractivity contribution in [1.82, 2.24) is 4.98 Å². The van der Waals surface area contributed by atoms with E-state index in [0.29, 0.717) is 5.69 Å². The van der Waals surface area contributed by atoms with Crippen LogP contribution < -0.4 is 5.73 Å². The second-order valence-electron chi connectivity index (χ2n) is 4.16.